The van der Waals surface area contributed by atoms with Crippen molar-refractivity contribution in [3.05, 3.63) is 41.6 Å². The molecule has 0 saturated carbocycles. The molecule has 0 fully saturated rings. The van der Waals surface area contributed by atoms with Crippen LogP contribution in [-0.4, -0.2) is 13.7 Å². The van der Waals surface area contributed by atoms with Crippen molar-refractivity contribution in [1.29, 1.82) is 0 Å². The molecule has 0 saturated heterocycles. The molecule has 0 bridgehead atoms. The van der Waals surface area contributed by atoms with Crippen molar-refractivity contribution in [2.24, 2.45) is 0 Å². The molecule has 1 N–H and O–H groups in total. The number of nitrogens with one attached hydrogen (secondary N) is 1. The molecule has 5 aromatic rings. The van der Waals surface area contributed by atoms with E-state index in [9.17, 15) is 0 Å². The van der Waals surface area contributed by atoms with Gasteiger partial charge in [-0.25, -0.2) is 0 Å². The predicted octanol–water partition coefficient (Wildman–Crippen LogP) is 5.88. The van der Waals surface area contributed by atoms with Gasteiger partial charge in [0.2, 0.25) is 0 Å². The number of rotatable bonds is 1. The first kappa shape index (κ1) is 13.2. The molecule has 5 heteroatoms. The summed E-state index contributed by atoms with van der Waals surface area (Å²) in [6.45, 7) is 4.13. The Morgan fingerprint density at radius 1 is 1.13 bits per heavy atom. The van der Waals surface area contributed by atoms with Gasteiger partial charge < -0.3 is 0 Å². The lowest BCUT2D eigenvalue weighted by atomic mass is 10.0. The summed E-state index contributed by atoms with van der Waals surface area (Å²) in [6.07, 6.45) is 4.22. The number of hydrogen-bond acceptors (Lipinski definition) is 4. The number of aromatic nitrogens is 3. The Hall–Kier alpha value is -2.24. The zero-order valence-electron chi connectivity index (χ0n) is 12.7. The fourth-order valence-electron chi connectivity index (χ4n) is 3.38. The predicted molar refractivity (Wildman–Crippen MR) is 102 cm³/mol. The van der Waals surface area contributed by atoms with Crippen LogP contribution in [0, 0.1) is 6.92 Å². The second kappa shape index (κ2) is 4.63. The molecule has 23 heavy (non-hydrogen) atoms. The van der Waals surface area contributed by atoms with Crippen LogP contribution < -0.4 is 0 Å². The van der Waals surface area contributed by atoms with E-state index in [1.807, 2.05) is 18.3 Å². The minimum Gasteiger partial charge on any atom is -0.293 e. The van der Waals surface area contributed by atoms with Crippen LogP contribution in [0.2, 0.25) is 0 Å². The lowest BCUT2D eigenvalue weighted by molar-refractivity contribution is 1.30. The molecule has 0 amide bonds. The van der Waals surface area contributed by atoms with Gasteiger partial charge in [-0.15, -0.1) is 11.3 Å². The van der Waals surface area contributed by atoms with Crippen LogP contribution in [0.25, 0.3) is 48.2 Å². The van der Waals surface area contributed by atoms with Crippen LogP contribution in [0.3, 0.4) is 0 Å². The van der Waals surface area contributed by atoms with Gasteiger partial charge in [0.05, 0.1) is 15.7 Å². The Bertz CT molecular complexity index is 1240. The molecular formula is C18H13N3S2. The van der Waals surface area contributed by atoms with Crippen molar-refractivity contribution in [3.8, 4) is 0 Å². The highest BCUT2D eigenvalue weighted by atomic mass is 32.1. The molecule has 5 rings (SSSR count). The van der Waals surface area contributed by atoms with E-state index in [1.54, 1.807) is 0 Å². The molecule has 3 aromatic heterocycles. The smallest absolute Gasteiger partial charge is 0.112 e. The van der Waals surface area contributed by atoms with E-state index in [1.165, 1.54) is 42.9 Å². The Balaban J connectivity index is 2.17. The van der Waals surface area contributed by atoms with Gasteiger partial charge in [0.15, 0.2) is 0 Å². The second-order valence-corrected chi connectivity index (χ2v) is 7.27. The Kier molecular flexibility index (Phi) is 2.66. The van der Waals surface area contributed by atoms with E-state index in [0.717, 1.165) is 22.2 Å². The normalized spacial score (nSPS) is 12.6. The average Bonchev–Trinajstić information content (AvgIpc) is 3.23. The lowest BCUT2D eigenvalue weighted by Gasteiger charge is -1.98. The zero-order valence-corrected chi connectivity index (χ0v) is 14.3. The highest BCUT2D eigenvalue weighted by molar-refractivity contribution is 7.27. The van der Waals surface area contributed by atoms with Crippen molar-refractivity contribution in [3.63, 3.8) is 0 Å². The maximum absolute atomic E-state index is 4.90. The molecule has 2 aromatic carbocycles. The van der Waals surface area contributed by atoms with E-state index in [4.69, 9.17) is 4.98 Å². The van der Waals surface area contributed by atoms with Gasteiger partial charge >= 0.3 is 0 Å². The lowest BCUT2D eigenvalue weighted by Crippen LogP contribution is -1.78. The molecule has 3 heterocycles. The second-order valence-electron chi connectivity index (χ2n) is 5.65. The monoisotopic (exact) mass is 335 g/mol. The number of H-pyrrole nitrogens is 1. The first-order valence-corrected chi connectivity index (χ1v) is 9.08. The van der Waals surface area contributed by atoms with E-state index < -0.39 is 0 Å². The van der Waals surface area contributed by atoms with Crippen molar-refractivity contribution < 1.29 is 0 Å². The minimum atomic E-state index is 1.06. The highest BCUT2D eigenvalue weighted by Crippen LogP contribution is 2.44. The molecule has 0 aliphatic rings. The van der Waals surface area contributed by atoms with Crippen molar-refractivity contribution >= 4 is 71.2 Å². The summed E-state index contributed by atoms with van der Waals surface area (Å²) in [5.41, 5.74) is 5.53. The fraction of sp³-hybridized carbons (Fsp3) is 0.111. The summed E-state index contributed by atoms with van der Waals surface area (Å²) in [7, 11) is 0. The maximum atomic E-state index is 4.90. The Morgan fingerprint density at radius 2 is 2.00 bits per heavy atom. The van der Waals surface area contributed by atoms with E-state index >= 15 is 0 Å². The first-order valence-electron chi connectivity index (χ1n) is 7.49. The van der Waals surface area contributed by atoms with Crippen LogP contribution in [0.4, 0.5) is 0 Å². The van der Waals surface area contributed by atoms with Crippen molar-refractivity contribution in [1.82, 2.24) is 13.7 Å². The average molecular weight is 335 g/mol. The number of hydrogen-bond donors (Lipinski definition) is 1. The highest BCUT2D eigenvalue weighted by Gasteiger charge is 2.20. The third kappa shape index (κ3) is 1.63. The van der Waals surface area contributed by atoms with Gasteiger partial charge in [0.1, 0.15) is 5.52 Å². The van der Waals surface area contributed by atoms with Crippen LogP contribution in [0.5, 0.6) is 0 Å². The fourth-order valence-corrected chi connectivity index (χ4v) is 5.18. The minimum absolute atomic E-state index is 1.06. The molecule has 0 spiro atoms. The van der Waals surface area contributed by atoms with Crippen LogP contribution >= 0.6 is 23.1 Å². The number of aromatic amines is 1. The molecule has 3 nitrogen and oxygen atoms in total. The summed E-state index contributed by atoms with van der Waals surface area (Å²) in [4.78, 5) is 4.90. The summed E-state index contributed by atoms with van der Waals surface area (Å²) in [5, 5.41) is 3.70. The van der Waals surface area contributed by atoms with E-state index in [-0.39, 0.29) is 0 Å². The first-order chi connectivity index (χ1) is 11.3. The summed E-state index contributed by atoms with van der Waals surface area (Å²) >= 11 is 3.22. The van der Waals surface area contributed by atoms with Crippen molar-refractivity contribution in [2.75, 3.05) is 0 Å². The molecule has 0 unspecified atom stereocenters. The van der Waals surface area contributed by atoms with Gasteiger partial charge in [-0.1, -0.05) is 30.4 Å². The van der Waals surface area contributed by atoms with Gasteiger partial charge in [0.25, 0.3) is 0 Å². The number of nitrogens with zero attached hydrogens (tertiary/aromatic N) is 2. The van der Waals surface area contributed by atoms with Crippen molar-refractivity contribution in [2.45, 2.75) is 13.8 Å². The van der Waals surface area contributed by atoms with Crippen LogP contribution in [0.15, 0.2) is 30.3 Å². The molecular weight excluding hydrogens is 322 g/mol. The maximum Gasteiger partial charge on any atom is 0.112 e. The van der Waals surface area contributed by atoms with Crippen LogP contribution in [0.1, 0.15) is 18.2 Å². The van der Waals surface area contributed by atoms with Gasteiger partial charge in [0, 0.05) is 43.8 Å². The third-order valence-corrected chi connectivity index (χ3v) is 6.07. The quantitative estimate of drug-likeness (QED) is 0.415. The van der Waals surface area contributed by atoms with Crippen LogP contribution in [-0.2, 0) is 0 Å². The third-order valence-electron chi connectivity index (χ3n) is 4.33. The van der Waals surface area contributed by atoms with Gasteiger partial charge in [-0.2, -0.15) is 4.37 Å². The standard InChI is InChI=1S/C18H13N3S2/c1-3-6-10-9(2)19-17-13(10)15-16(21-23-20-15)14-11-7-4-5-8-12(11)22-18(14)17/h3-8,20H,1-2H3/b6-3-. The van der Waals surface area contributed by atoms with Gasteiger partial charge in [-0.05, 0) is 19.9 Å². The molecule has 112 valence electrons. The Morgan fingerprint density at radius 3 is 2.87 bits per heavy atom. The molecule has 0 aliphatic carbocycles. The van der Waals surface area contributed by atoms with E-state index in [2.05, 4.69) is 52.1 Å². The summed E-state index contributed by atoms with van der Waals surface area (Å²) in [6, 6.07) is 8.54. The number of fused-ring (bicyclic) bond motifs is 8. The SMILES string of the molecule is C/C=C\c1c(C)nc2c3sc4ccccc4c3c3ns[nH]c3c12. The van der Waals surface area contributed by atoms with Gasteiger partial charge in [-0.3, -0.25) is 9.36 Å². The topological polar surface area (TPSA) is 41.6 Å². The number of allylic oxidation sites excluding steroid dienone is 1. The molecule has 0 radical (unpaired) electrons. The Labute approximate surface area is 140 Å². The number of benzene rings is 2. The summed E-state index contributed by atoms with van der Waals surface area (Å²) < 4.78 is 10.6. The molecule has 0 aliphatic heterocycles. The number of thiophene rings is 1. The molecule has 0 atom stereocenters. The largest absolute Gasteiger partial charge is 0.293 e. The number of aryl methyl sites for hydroxylation is 1. The summed E-state index contributed by atoms with van der Waals surface area (Å²) in [5.74, 6) is 0. The van der Waals surface area contributed by atoms with E-state index in [0.29, 0.717) is 0 Å². The zero-order chi connectivity index (χ0) is 15.6.